The molecule has 4 amide bonds. The van der Waals surface area contributed by atoms with E-state index >= 15 is 0 Å². The van der Waals surface area contributed by atoms with Crippen LogP contribution in [0.4, 0.5) is 4.39 Å². The molecule has 0 bridgehead atoms. The van der Waals surface area contributed by atoms with Crippen molar-refractivity contribution in [2.24, 2.45) is 23.7 Å². The van der Waals surface area contributed by atoms with Crippen LogP contribution in [0.25, 0.3) is 0 Å². The molecule has 13 nitrogen and oxygen atoms in total. The standard InChI is InChI=1S/C41H69FN6O7/c1-15-24(6)37(47(11)41(52)36(23(4)5)46-40(51)35(44-10)22(2)3)32(54-13)20-33(49)48-21-29(53-12)19-31(48)38(55-14)26(8)39(50)45-27(9)34(43)30-17-16-28(42)18-25(30)7/h16-18,22-24,26-27,29,31-32,35-38,43-44H,15,19-21H2,1-14H3,(H,45,50)(H,46,51)/t24-,26+,27+,29+,31?,32+,35-,36-,37-,38+/m0/s1. The highest BCUT2D eigenvalue weighted by molar-refractivity contribution is 6.04. The number of likely N-dealkylation sites (N-methyl/N-ethyl adjacent to an activating group) is 2. The van der Waals surface area contributed by atoms with Gasteiger partial charge in [-0.3, -0.25) is 19.2 Å². The van der Waals surface area contributed by atoms with Crippen molar-refractivity contribution < 1.29 is 37.8 Å². The SMILES string of the molecule is CC[C@H](C)[C@@H]([C@@H](CC(=O)N1C[C@H](OC)CC1[C@H](OC)[C@@H](C)C(=O)N[C@H](C)C(=N)c1ccc(F)cc1C)OC)N(C)C(=O)[C@@H](NC(=O)[C@@H](NC)C(C)C)C(C)C. The maximum Gasteiger partial charge on any atom is 0.245 e. The molecule has 0 aliphatic carbocycles. The molecule has 312 valence electrons. The molecular weight excluding hydrogens is 707 g/mol. The largest absolute Gasteiger partial charge is 0.380 e. The van der Waals surface area contributed by atoms with Gasteiger partial charge in [0, 0.05) is 40.5 Å². The molecular formula is C41H69FN6O7. The fourth-order valence-corrected chi connectivity index (χ4v) is 7.78. The van der Waals surface area contributed by atoms with E-state index in [0.29, 0.717) is 24.0 Å². The highest BCUT2D eigenvalue weighted by Gasteiger charge is 2.46. The highest BCUT2D eigenvalue weighted by Crippen LogP contribution is 2.31. The molecule has 0 radical (unpaired) electrons. The van der Waals surface area contributed by atoms with Crippen molar-refractivity contribution in [2.75, 3.05) is 42.0 Å². The summed E-state index contributed by atoms with van der Waals surface area (Å²) in [6.07, 6.45) is -0.608. The van der Waals surface area contributed by atoms with Crippen LogP contribution < -0.4 is 16.0 Å². The van der Waals surface area contributed by atoms with Gasteiger partial charge in [-0.1, -0.05) is 54.9 Å². The molecule has 1 heterocycles. The molecule has 4 N–H and O–H groups in total. The van der Waals surface area contributed by atoms with E-state index in [4.69, 9.17) is 19.6 Å². The fourth-order valence-electron chi connectivity index (χ4n) is 7.78. The minimum atomic E-state index is -0.793. The van der Waals surface area contributed by atoms with Gasteiger partial charge in [0.1, 0.15) is 11.9 Å². The summed E-state index contributed by atoms with van der Waals surface area (Å²) in [4.78, 5) is 58.8. The number of halogens is 1. The maximum atomic E-state index is 14.4. The number of amides is 4. The van der Waals surface area contributed by atoms with Crippen LogP contribution >= 0.6 is 0 Å². The lowest BCUT2D eigenvalue weighted by Gasteiger charge is -2.41. The molecule has 1 aliphatic rings. The van der Waals surface area contributed by atoms with E-state index in [1.165, 1.54) is 32.4 Å². The van der Waals surface area contributed by atoms with Crippen LogP contribution in [-0.4, -0.2) is 130 Å². The zero-order valence-electron chi connectivity index (χ0n) is 35.6. The van der Waals surface area contributed by atoms with Crippen molar-refractivity contribution in [2.45, 2.75) is 130 Å². The zero-order valence-corrected chi connectivity index (χ0v) is 35.6. The number of methoxy groups -OCH3 is 3. The Bertz CT molecular complexity index is 1460. The smallest absolute Gasteiger partial charge is 0.245 e. The summed E-state index contributed by atoms with van der Waals surface area (Å²) in [6, 6.07) is 1.22. The first kappa shape index (κ1) is 47.7. The summed E-state index contributed by atoms with van der Waals surface area (Å²) in [6.45, 7) is 17.1. The topological polar surface area (TPSA) is 162 Å². The number of nitrogens with zero attached hydrogens (tertiary/aromatic N) is 2. The van der Waals surface area contributed by atoms with Crippen LogP contribution in [0.15, 0.2) is 18.2 Å². The third-order valence-electron chi connectivity index (χ3n) is 11.4. The fraction of sp³-hybridized carbons (Fsp3) is 0.732. The van der Waals surface area contributed by atoms with Crippen molar-refractivity contribution >= 4 is 29.3 Å². The number of likely N-dealkylation sites (tertiary alicyclic amines) is 1. The second kappa shape index (κ2) is 21.7. The number of nitrogens with one attached hydrogen (secondary N) is 4. The Morgan fingerprint density at radius 2 is 1.58 bits per heavy atom. The molecule has 1 aromatic rings. The van der Waals surface area contributed by atoms with Crippen molar-refractivity contribution in [3.8, 4) is 0 Å². The molecule has 55 heavy (non-hydrogen) atoms. The number of carbonyl (C=O) groups is 4. The van der Waals surface area contributed by atoms with Crippen LogP contribution in [0.3, 0.4) is 0 Å². The molecule has 1 fully saturated rings. The number of benzene rings is 1. The number of hydrogen-bond acceptors (Lipinski definition) is 9. The molecule has 1 saturated heterocycles. The summed E-state index contributed by atoms with van der Waals surface area (Å²) >= 11 is 0. The number of aryl methyl sites for hydroxylation is 1. The van der Waals surface area contributed by atoms with E-state index in [9.17, 15) is 23.6 Å². The van der Waals surface area contributed by atoms with Gasteiger partial charge in [0.2, 0.25) is 23.6 Å². The van der Waals surface area contributed by atoms with Gasteiger partial charge in [0.05, 0.1) is 60.5 Å². The van der Waals surface area contributed by atoms with Crippen LogP contribution in [0.1, 0.15) is 85.8 Å². The number of hydrogen-bond donors (Lipinski definition) is 4. The molecule has 10 atom stereocenters. The van der Waals surface area contributed by atoms with Gasteiger partial charge in [0.15, 0.2) is 0 Å². The van der Waals surface area contributed by atoms with E-state index in [0.717, 1.165) is 0 Å². The van der Waals surface area contributed by atoms with Gasteiger partial charge in [-0.15, -0.1) is 0 Å². The summed E-state index contributed by atoms with van der Waals surface area (Å²) in [7, 11) is 8.04. The van der Waals surface area contributed by atoms with Gasteiger partial charge >= 0.3 is 0 Å². The monoisotopic (exact) mass is 777 g/mol. The minimum Gasteiger partial charge on any atom is -0.380 e. The maximum absolute atomic E-state index is 14.4. The summed E-state index contributed by atoms with van der Waals surface area (Å²) in [5, 5.41) is 17.6. The first-order chi connectivity index (χ1) is 25.8. The van der Waals surface area contributed by atoms with E-state index in [1.54, 1.807) is 51.8 Å². The number of carbonyl (C=O) groups excluding carboxylic acids is 4. The Morgan fingerprint density at radius 3 is 2.07 bits per heavy atom. The van der Waals surface area contributed by atoms with Crippen LogP contribution in [0.5, 0.6) is 0 Å². The Kier molecular flexibility index (Phi) is 18.8. The van der Waals surface area contributed by atoms with Crippen LogP contribution in [0.2, 0.25) is 0 Å². The number of ether oxygens (including phenoxy) is 3. The average molecular weight is 777 g/mol. The summed E-state index contributed by atoms with van der Waals surface area (Å²) < 4.78 is 31.4. The molecule has 0 aromatic heterocycles. The van der Waals surface area contributed by atoms with E-state index in [2.05, 4.69) is 16.0 Å². The average Bonchev–Trinajstić information content (AvgIpc) is 3.57. The first-order valence-corrected chi connectivity index (χ1v) is 19.6. The predicted octanol–water partition coefficient (Wildman–Crippen LogP) is 3.94. The third kappa shape index (κ3) is 12.0. The van der Waals surface area contributed by atoms with E-state index in [-0.39, 0.29) is 66.2 Å². The first-order valence-electron chi connectivity index (χ1n) is 19.6. The van der Waals surface area contributed by atoms with E-state index < -0.39 is 54.2 Å². The molecule has 1 unspecified atom stereocenters. The van der Waals surface area contributed by atoms with Gasteiger partial charge < -0.3 is 45.4 Å². The molecule has 2 rings (SSSR count). The quantitative estimate of drug-likeness (QED) is 0.137. The normalized spacial score (nSPS) is 20.3. The molecule has 1 aliphatic heterocycles. The third-order valence-corrected chi connectivity index (χ3v) is 11.4. The molecule has 1 aromatic carbocycles. The zero-order chi connectivity index (χ0) is 41.9. The Labute approximate surface area is 328 Å². The second-order valence-electron chi connectivity index (χ2n) is 15.8. The van der Waals surface area contributed by atoms with Gasteiger partial charge in [-0.25, -0.2) is 4.39 Å². The van der Waals surface area contributed by atoms with Crippen molar-refractivity contribution in [3.63, 3.8) is 0 Å². The lowest BCUT2D eigenvalue weighted by atomic mass is 9.89. The summed E-state index contributed by atoms with van der Waals surface area (Å²) in [5.41, 5.74) is 1.28. The van der Waals surface area contributed by atoms with Gasteiger partial charge in [-0.05, 0) is 68.8 Å². The van der Waals surface area contributed by atoms with Gasteiger partial charge in [0.25, 0.3) is 0 Å². The minimum absolute atomic E-state index is 0.0138. The molecule has 14 heteroatoms. The summed E-state index contributed by atoms with van der Waals surface area (Å²) in [5.74, 6) is -2.48. The van der Waals surface area contributed by atoms with E-state index in [1.807, 2.05) is 41.5 Å². The Hall–Kier alpha value is -3.46. The van der Waals surface area contributed by atoms with Crippen molar-refractivity contribution in [3.05, 3.63) is 35.1 Å². The number of rotatable bonds is 21. The van der Waals surface area contributed by atoms with Crippen molar-refractivity contribution in [1.29, 1.82) is 5.41 Å². The van der Waals surface area contributed by atoms with Crippen LogP contribution in [-0.2, 0) is 33.4 Å². The molecule has 0 saturated carbocycles. The molecule has 0 spiro atoms. The second-order valence-corrected chi connectivity index (χ2v) is 15.8. The lowest BCUT2D eigenvalue weighted by molar-refractivity contribution is -0.148. The lowest BCUT2D eigenvalue weighted by Crippen LogP contribution is -2.59. The Morgan fingerprint density at radius 1 is 0.964 bits per heavy atom. The van der Waals surface area contributed by atoms with Gasteiger partial charge in [-0.2, -0.15) is 0 Å². The Balaban J connectivity index is 2.33. The van der Waals surface area contributed by atoms with Crippen molar-refractivity contribution in [1.82, 2.24) is 25.8 Å². The van der Waals surface area contributed by atoms with Crippen LogP contribution in [0, 0.1) is 41.8 Å². The highest BCUT2D eigenvalue weighted by atomic mass is 19.1. The predicted molar refractivity (Wildman–Crippen MR) is 212 cm³/mol.